The van der Waals surface area contributed by atoms with Gasteiger partial charge in [0.25, 0.3) is 0 Å². The zero-order valence-corrected chi connectivity index (χ0v) is 12.2. The maximum atomic E-state index is 11.2. The summed E-state index contributed by atoms with van der Waals surface area (Å²) in [6, 6.07) is 11.9. The molecule has 5 heteroatoms. The molecule has 21 heavy (non-hydrogen) atoms. The van der Waals surface area contributed by atoms with Crippen LogP contribution < -0.4 is 11.3 Å². The molecule has 2 aromatic rings. The van der Waals surface area contributed by atoms with Crippen LogP contribution in [0.4, 0.5) is 0 Å². The van der Waals surface area contributed by atoms with Gasteiger partial charge in [-0.3, -0.25) is 15.1 Å². The van der Waals surface area contributed by atoms with E-state index in [1.54, 1.807) is 6.26 Å². The smallest absolute Gasteiger partial charge is 0.238 e. The highest BCUT2D eigenvalue weighted by Gasteiger charge is 2.07. The summed E-state index contributed by atoms with van der Waals surface area (Å²) in [5, 5.41) is 0. The van der Waals surface area contributed by atoms with Gasteiger partial charge in [0.15, 0.2) is 0 Å². The Morgan fingerprint density at radius 1 is 1.19 bits per heavy atom. The van der Waals surface area contributed by atoms with E-state index < -0.39 is 0 Å². The predicted molar refractivity (Wildman–Crippen MR) is 81.0 cm³/mol. The van der Waals surface area contributed by atoms with Gasteiger partial charge in [-0.15, -0.1) is 0 Å². The number of nitrogens with two attached hydrogens (primary N) is 1. The van der Waals surface area contributed by atoms with Crippen LogP contribution in [0.2, 0.25) is 0 Å². The summed E-state index contributed by atoms with van der Waals surface area (Å²) in [6.45, 7) is 4.71. The summed E-state index contributed by atoms with van der Waals surface area (Å²) in [7, 11) is 0. The van der Waals surface area contributed by atoms with Crippen molar-refractivity contribution < 1.29 is 9.21 Å². The number of hydrazine groups is 1. The molecule has 1 aromatic heterocycles. The second kappa shape index (κ2) is 7.61. The van der Waals surface area contributed by atoms with E-state index in [4.69, 9.17) is 10.3 Å². The molecule has 0 aliphatic carbocycles. The average molecular weight is 287 g/mol. The number of carbonyl (C=O) groups excluding carboxylic acids is 1. The van der Waals surface area contributed by atoms with Crippen LogP contribution in [0.1, 0.15) is 23.8 Å². The van der Waals surface area contributed by atoms with Crippen molar-refractivity contribution in [1.82, 2.24) is 10.3 Å². The Hall–Kier alpha value is -2.11. The molecule has 0 atom stereocenters. The first-order valence-corrected chi connectivity index (χ1v) is 7.03. The van der Waals surface area contributed by atoms with E-state index >= 15 is 0 Å². The third kappa shape index (κ3) is 4.73. The Bertz CT molecular complexity index is 549. The topological polar surface area (TPSA) is 71.5 Å². The first-order valence-electron chi connectivity index (χ1n) is 7.03. The summed E-state index contributed by atoms with van der Waals surface area (Å²) < 4.78 is 5.38. The number of hydrogen-bond donors (Lipinski definition) is 2. The molecule has 2 rings (SSSR count). The van der Waals surface area contributed by atoms with Crippen LogP contribution in [0, 0.1) is 0 Å². The van der Waals surface area contributed by atoms with Crippen molar-refractivity contribution in [2.24, 2.45) is 5.84 Å². The van der Waals surface area contributed by atoms with Crippen molar-refractivity contribution in [2.45, 2.75) is 26.4 Å². The van der Waals surface area contributed by atoms with Gasteiger partial charge in [0.2, 0.25) is 5.91 Å². The first-order chi connectivity index (χ1) is 10.2. The Balaban J connectivity index is 1.93. The van der Waals surface area contributed by atoms with Gasteiger partial charge in [0, 0.05) is 6.54 Å². The van der Waals surface area contributed by atoms with Crippen molar-refractivity contribution in [3.63, 3.8) is 0 Å². The molecular weight excluding hydrogens is 266 g/mol. The number of hydrogen-bond acceptors (Lipinski definition) is 4. The van der Waals surface area contributed by atoms with Crippen molar-refractivity contribution in [1.29, 1.82) is 0 Å². The Kier molecular flexibility index (Phi) is 5.54. The fraction of sp³-hybridized carbons (Fsp3) is 0.312. The second-order valence-corrected chi connectivity index (χ2v) is 4.94. The lowest BCUT2D eigenvalue weighted by atomic mass is 10.1. The Morgan fingerprint density at radius 3 is 2.48 bits per heavy atom. The van der Waals surface area contributed by atoms with Gasteiger partial charge in [0.1, 0.15) is 5.76 Å². The number of carbonyl (C=O) groups is 1. The highest BCUT2D eigenvalue weighted by Crippen LogP contribution is 2.11. The normalized spacial score (nSPS) is 10.8. The second-order valence-electron chi connectivity index (χ2n) is 4.94. The third-order valence-electron chi connectivity index (χ3n) is 3.36. The summed E-state index contributed by atoms with van der Waals surface area (Å²) in [5.41, 5.74) is 4.30. The van der Waals surface area contributed by atoms with Crippen molar-refractivity contribution in [3.05, 3.63) is 59.5 Å². The van der Waals surface area contributed by atoms with Gasteiger partial charge in [-0.05, 0) is 29.8 Å². The van der Waals surface area contributed by atoms with Crippen LogP contribution in [0.5, 0.6) is 0 Å². The molecule has 1 heterocycles. The molecule has 0 fully saturated rings. The average Bonchev–Trinajstić information content (AvgIpc) is 3.01. The molecule has 0 unspecified atom stereocenters. The fourth-order valence-corrected chi connectivity index (χ4v) is 2.16. The van der Waals surface area contributed by atoms with Gasteiger partial charge in [-0.1, -0.05) is 31.2 Å². The van der Waals surface area contributed by atoms with Crippen LogP contribution in [-0.4, -0.2) is 17.4 Å². The summed E-state index contributed by atoms with van der Waals surface area (Å²) in [6.07, 6.45) is 2.00. The molecule has 0 bridgehead atoms. The minimum absolute atomic E-state index is 0.184. The van der Waals surface area contributed by atoms with Gasteiger partial charge in [-0.2, -0.15) is 0 Å². The van der Waals surface area contributed by atoms with Crippen molar-refractivity contribution >= 4 is 5.91 Å². The standard InChI is InChI=1S/C16H21N3O2/c1-2-19(12-15-4-3-9-21-15)11-14-7-5-13(6-8-14)10-16(20)18-17/h3-9H,2,10-12,17H2,1H3,(H,18,20). The SMILES string of the molecule is CCN(Cc1ccc(CC(=O)NN)cc1)Cc1ccco1. The zero-order chi connectivity index (χ0) is 15.1. The highest BCUT2D eigenvalue weighted by molar-refractivity contribution is 5.77. The fourth-order valence-electron chi connectivity index (χ4n) is 2.16. The molecule has 0 spiro atoms. The lowest BCUT2D eigenvalue weighted by Gasteiger charge is -2.19. The van der Waals surface area contributed by atoms with Crippen LogP contribution in [0.25, 0.3) is 0 Å². The van der Waals surface area contributed by atoms with Crippen LogP contribution >= 0.6 is 0 Å². The molecule has 1 aromatic carbocycles. The number of benzene rings is 1. The number of nitrogens with zero attached hydrogens (tertiary/aromatic N) is 1. The molecule has 0 aliphatic rings. The zero-order valence-electron chi connectivity index (χ0n) is 12.2. The summed E-state index contributed by atoms with van der Waals surface area (Å²) >= 11 is 0. The van der Waals surface area contributed by atoms with E-state index in [1.807, 2.05) is 36.4 Å². The monoisotopic (exact) mass is 287 g/mol. The van der Waals surface area contributed by atoms with Gasteiger partial charge in [-0.25, -0.2) is 5.84 Å². The van der Waals surface area contributed by atoms with Crippen LogP contribution in [0.3, 0.4) is 0 Å². The molecule has 0 saturated carbocycles. The maximum Gasteiger partial charge on any atom is 0.238 e. The number of nitrogens with one attached hydrogen (secondary N) is 1. The van der Waals surface area contributed by atoms with Crippen LogP contribution in [0.15, 0.2) is 47.1 Å². The molecule has 112 valence electrons. The highest BCUT2D eigenvalue weighted by atomic mass is 16.3. The number of furan rings is 1. The van der Waals surface area contributed by atoms with E-state index in [9.17, 15) is 4.79 Å². The van der Waals surface area contributed by atoms with Gasteiger partial charge in [0.05, 0.1) is 19.2 Å². The molecule has 5 nitrogen and oxygen atoms in total. The van der Waals surface area contributed by atoms with E-state index in [1.165, 1.54) is 5.56 Å². The predicted octanol–water partition coefficient (Wildman–Crippen LogP) is 1.83. The lowest BCUT2D eigenvalue weighted by molar-refractivity contribution is -0.120. The molecule has 1 amide bonds. The minimum Gasteiger partial charge on any atom is -0.468 e. The van der Waals surface area contributed by atoms with E-state index in [2.05, 4.69) is 17.2 Å². The van der Waals surface area contributed by atoms with E-state index in [0.29, 0.717) is 6.42 Å². The maximum absolute atomic E-state index is 11.2. The molecule has 0 aliphatic heterocycles. The Labute approximate surface area is 124 Å². The van der Waals surface area contributed by atoms with Gasteiger partial charge < -0.3 is 4.42 Å². The quantitative estimate of drug-likeness (QED) is 0.463. The minimum atomic E-state index is -0.184. The van der Waals surface area contributed by atoms with Crippen molar-refractivity contribution in [2.75, 3.05) is 6.54 Å². The molecule has 0 saturated heterocycles. The third-order valence-corrected chi connectivity index (χ3v) is 3.36. The van der Waals surface area contributed by atoms with Crippen molar-refractivity contribution in [3.8, 4) is 0 Å². The lowest BCUT2D eigenvalue weighted by Crippen LogP contribution is -2.31. The number of rotatable bonds is 7. The molecule has 3 N–H and O–H groups in total. The molecular formula is C16H21N3O2. The van der Waals surface area contributed by atoms with Crippen LogP contribution in [-0.2, 0) is 24.3 Å². The van der Waals surface area contributed by atoms with E-state index in [-0.39, 0.29) is 5.91 Å². The first kappa shape index (κ1) is 15.3. The number of amides is 1. The van der Waals surface area contributed by atoms with Gasteiger partial charge >= 0.3 is 0 Å². The van der Waals surface area contributed by atoms with E-state index in [0.717, 1.165) is 31.0 Å². The largest absolute Gasteiger partial charge is 0.468 e. The molecule has 0 radical (unpaired) electrons. The summed E-state index contributed by atoms with van der Waals surface area (Å²) in [4.78, 5) is 13.5. The summed E-state index contributed by atoms with van der Waals surface area (Å²) in [5.74, 6) is 5.86. The Morgan fingerprint density at radius 2 is 1.90 bits per heavy atom.